The maximum absolute atomic E-state index is 13.5. The maximum atomic E-state index is 13.5. The number of halogens is 3. The summed E-state index contributed by atoms with van der Waals surface area (Å²) in [4.78, 5) is 27.1. The van der Waals surface area contributed by atoms with Crippen molar-refractivity contribution in [3.05, 3.63) is 36.5 Å². The molecule has 3 heterocycles. The van der Waals surface area contributed by atoms with Crippen LogP contribution in [0.1, 0.15) is 9.78 Å². The Balaban J connectivity index is 0.00000196. The minimum absolute atomic E-state index is 0. The monoisotopic (exact) mass is 368 g/mol. The Hall–Kier alpha value is -3.17. The molecule has 0 aromatic carbocycles. The van der Waals surface area contributed by atoms with Crippen LogP contribution in [0.25, 0.3) is 22.4 Å². The Morgan fingerprint density at radius 1 is 1.38 bits per heavy atom. The topological polar surface area (TPSA) is 95.6 Å². The molecule has 26 heavy (non-hydrogen) atoms. The first-order valence-electron chi connectivity index (χ1n) is 7.72. The third-order valence-corrected chi connectivity index (χ3v) is 3.58. The molecule has 7 nitrogen and oxygen atoms in total. The van der Waals surface area contributed by atoms with E-state index in [0.29, 0.717) is 28.2 Å². The molecule has 3 N–H and O–H groups in total. The predicted molar refractivity (Wildman–Crippen MR) is 93.4 cm³/mol. The summed E-state index contributed by atoms with van der Waals surface area (Å²) in [7, 11) is 0. The number of anilines is 1. The number of H-pyrrole nitrogens is 1. The summed E-state index contributed by atoms with van der Waals surface area (Å²) in [5.74, 6) is -0.442. The van der Waals surface area contributed by atoms with Gasteiger partial charge in [-0.15, -0.1) is 0 Å². The highest BCUT2D eigenvalue weighted by atomic mass is 19.3. The number of carbonyl (C=O) groups excluding carboxylic acids is 1. The first kappa shape index (κ1) is 17.6. The van der Waals surface area contributed by atoms with Crippen LogP contribution in [0.3, 0.4) is 0 Å². The van der Waals surface area contributed by atoms with E-state index < -0.39 is 30.7 Å². The molecule has 0 spiro atoms. The molecular weight excluding hydrogens is 349 g/mol. The molecule has 10 heteroatoms. The molecule has 140 valence electrons. The van der Waals surface area contributed by atoms with Crippen LogP contribution in [0.4, 0.5) is 19.0 Å². The number of hydrogen-bond donors (Lipinski definition) is 3. The summed E-state index contributed by atoms with van der Waals surface area (Å²) in [6.45, 7) is 0.807. The van der Waals surface area contributed by atoms with Gasteiger partial charge in [-0.25, -0.2) is 28.1 Å². The summed E-state index contributed by atoms with van der Waals surface area (Å²) in [6.07, 6.45) is 1.56. The van der Waals surface area contributed by atoms with Gasteiger partial charge in [0.05, 0.1) is 12.7 Å². The van der Waals surface area contributed by atoms with Crippen LogP contribution < -0.4 is 10.6 Å². The second-order valence-corrected chi connectivity index (χ2v) is 5.52. The number of amides is 1. The van der Waals surface area contributed by atoms with Gasteiger partial charge in [0.25, 0.3) is 6.43 Å². The van der Waals surface area contributed by atoms with E-state index in [-0.39, 0.29) is 2.85 Å². The van der Waals surface area contributed by atoms with E-state index in [1.54, 1.807) is 6.20 Å². The van der Waals surface area contributed by atoms with E-state index in [0.717, 1.165) is 6.20 Å². The molecule has 0 bridgehead atoms. The van der Waals surface area contributed by atoms with Gasteiger partial charge in [0, 0.05) is 26.2 Å². The van der Waals surface area contributed by atoms with Crippen LogP contribution in [0, 0.1) is 5.82 Å². The fourth-order valence-corrected chi connectivity index (χ4v) is 2.35. The van der Waals surface area contributed by atoms with Gasteiger partial charge in [-0.1, -0.05) is 0 Å². The van der Waals surface area contributed by atoms with Crippen molar-refractivity contribution in [3.63, 3.8) is 0 Å². The van der Waals surface area contributed by atoms with Gasteiger partial charge in [-0.05, 0) is 19.1 Å². The van der Waals surface area contributed by atoms with Gasteiger partial charge in [0.15, 0.2) is 5.82 Å². The third-order valence-electron chi connectivity index (χ3n) is 3.58. The lowest BCUT2D eigenvalue weighted by Gasteiger charge is -2.14. The lowest BCUT2D eigenvalue weighted by molar-refractivity contribution is -0.122. The van der Waals surface area contributed by atoms with Gasteiger partial charge in [-0.3, -0.25) is 4.79 Å². The zero-order valence-corrected chi connectivity index (χ0v) is 13.6. The highest BCUT2D eigenvalue weighted by Crippen LogP contribution is 2.26. The Kier molecular flexibility index (Phi) is 5.01. The minimum Gasteiger partial charge on any atom is -0.359 e. The summed E-state index contributed by atoms with van der Waals surface area (Å²) in [5.41, 5.74) is 1.04. The summed E-state index contributed by atoms with van der Waals surface area (Å²) < 4.78 is 37.8. The molecule has 3 aromatic rings. The fraction of sp³-hybridized carbons (Fsp3) is 0.250. The maximum Gasteiger partial charge on any atom is 0.255 e. The smallest absolute Gasteiger partial charge is 0.255 e. The van der Waals surface area contributed by atoms with Crippen LogP contribution >= 0.6 is 0 Å². The van der Waals surface area contributed by atoms with Gasteiger partial charge < -0.3 is 15.6 Å². The van der Waals surface area contributed by atoms with Crippen molar-refractivity contribution in [2.45, 2.75) is 19.4 Å². The standard InChI is InChI=1S/C16H15F3N6O.2H2/c1-8(16(26)23-7-12(18)19)24-13-2-3-20-15(25-13)11-6-22-14-10(11)4-9(17)5-21-14;;/h2-6,8,12H,7H2,1H3,(H,21,22)(H,23,26)(H,20,24,25);2*1H/t8-;;/m1../s1. The number of pyridine rings is 1. The van der Waals surface area contributed by atoms with Gasteiger partial charge in [-0.2, -0.15) is 0 Å². The molecule has 0 saturated carbocycles. The van der Waals surface area contributed by atoms with Crippen molar-refractivity contribution in [1.82, 2.24) is 25.3 Å². The van der Waals surface area contributed by atoms with E-state index in [4.69, 9.17) is 0 Å². The molecule has 0 aliphatic carbocycles. The Labute approximate surface area is 149 Å². The average molecular weight is 368 g/mol. The number of nitrogens with one attached hydrogen (secondary N) is 3. The van der Waals surface area contributed by atoms with Crippen molar-refractivity contribution < 1.29 is 20.8 Å². The number of hydrogen-bond acceptors (Lipinski definition) is 5. The molecular formula is C16H19F3N6O. The number of nitrogens with zero attached hydrogens (tertiary/aromatic N) is 3. The van der Waals surface area contributed by atoms with Gasteiger partial charge >= 0.3 is 0 Å². The second kappa shape index (κ2) is 7.38. The molecule has 3 rings (SSSR count). The van der Waals surface area contributed by atoms with E-state index in [2.05, 4.69) is 30.6 Å². The molecule has 0 aliphatic heterocycles. The van der Waals surface area contributed by atoms with Crippen molar-refractivity contribution in [1.29, 1.82) is 0 Å². The molecule has 0 aliphatic rings. The minimum atomic E-state index is -2.62. The highest BCUT2D eigenvalue weighted by molar-refractivity contribution is 5.91. The largest absolute Gasteiger partial charge is 0.359 e. The van der Waals surface area contributed by atoms with Crippen molar-refractivity contribution in [3.8, 4) is 11.4 Å². The van der Waals surface area contributed by atoms with Crippen LogP contribution in [-0.4, -0.2) is 44.9 Å². The van der Waals surface area contributed by atoms with Crippen molar-refractivity contribution >= 4 is 22.8 Å². The average Bonchev–Trinajstić information content (AvgIpc) is 3.02. The number of aromatic amines is 1. The first-order valence-corrected chi connectivity index (χ1v) is 7.72. The molecule has 0 radical (unpaired) electrons. The molecule has 3 aromatic heterocycles. The molecule has 1 atom stereocenters. The quantitative estimate of drug-likeness (QED) is 0.622. The van der Waals surface area contributed by atoms with Crippen LogP contribution in [0.5, 0.6) is 0 Å². The first-order chi connectivity index (χ1) is 12.4. The van der Waals surface area contributed by atoms with Crippen molar-refractivity contribution in [2.24, 2.45) is 0 Å². The molecule has 1 amide bonds. The number of rotatable bonds is 6. The van der Waals surface area contributed by atoms with E-state index >= 15 is 0 Å². The Bertz CT molecular complexity index is 940. The van der Waals surface area contributed by atoms with Crippen LogP contribution in [0.2, 0.25) is 0 Å². The Morgan fingerprint density at radius 3 is 2.96 bits per heavy atom. The molecule has 0 fully saturated rings. The van der Waals surface area contributed by atoms with Crippen molar-refractivity contribution in [2.75, 3.05) is 11.9 Å². The predicted octanol–water partition coefficient (Wildman–Crippen LogP) is 2.83. The number of fused-ring (bicyclic) bond motifs is 1. The third kappa shape index (κ3) is 3.90. The summed E-state index contributed by atoms with van der Waals surface area (Å²) in [6, 6.07) is 2.07. The van der Waals surface area contributed by atoms with Crippen LogP contribution in [-0.2, 0) is 4.79 Å². The molecule has 0 unspecified atom stereocenters. The second-order valence-electron chi connectivity index (χ2n) is 5.52. The summed E-state index contributed by atoms with van der Waals surface area (Å²) in [5, 5.41) is 5.46. The lowest BCUT2D eigenvalue weighted by atomic mass is 10.2. The zero-order valence-electron chi connectivity index (χ0n) is 13.6. The van der Waals surface area contributed by atoms with E-state index in [9.17, 15) is 18.0 Å². The lowest BCUT2D eigenvalue weighted by Crippen LogP contribution is -2.39. The van der Waals surface area contributed by atoms with E-state index in [1.165, 1.54) is 25.3 Å². The zero-order chi connectivity index (χ0) is 18.7. The van der Waals surface area contributed by atoms with Crippen LogP contribution in [0.15, 0.2) is 30.7 Å². The number of alkyl halides is 2. The van der Waals surface area contributed by atoms with Gasteiger partial charge in [0.2, 0.25) is 5.91 Å². The highest BCUT2D eigenvalue weighted by Gasteiger charge is 2.16. The Morgan fingerprint density at radius 2 is 2.19 bits per heavy atom. The normalized spacial score (nSPS) is 12.3. The molecule has 0 saturated heterocycles. The van der Waals surface area contributed by atoms with Gasteiger partial charge in [0.1, 0.15) is 23.3 Å². The number of carbonyl (C=O) groups is 1. The summed E-state index contributed by atoms with van der Waals surface area (Å²) >= 11 is 0. The SMILES string of the molecule is C[C@@H](Nc1ccnc(-c2c[nH]c3ncc(F)cc23)n1)C(=O)NCC(F)F.[HH].[HH]. The number of aromatic nitrogens is 4. The fourth-order valence-electron chi connectivity index (χ4n) is 2.35. The van der Waals surface area contributed by atoms with E-state index in [1.807, 2.05) is 0 Å².